The Morgan fingerprint density at radius 1 is 0.745 bits per heavy atom. The fourth-order valence-corrected chi connectivity index (χ4v) is 10.4. The van der Waals surface area contributed by atoms with Crippen molar-refractivity contribution in [2.75, 3.05) is 26.2 Å². The number of aliphatic hydroxyl groups is 1. The van der Waals surface area contributed by atoms with Crippen molar-refractivity contribution in [3.63, 3.8) is 0 Å². The Morgan fingerprint density at radius 2 is 1.33 bits per heavy atom. The molecule has 94 heavy (non-hydrogen) atoms. The summed E-state index contributed by atoms with van der Waals surface area (Å²) >= 11 is 0. The number of phenols is 1. The molecule has 0 radical (unpaired) electrons. The molecule has 2 aromatic carbocycles. The number of carboxylic acid groups (broad SMARTS) is 1. The lowest BCUT2D eigenvalue weighted by atomic mass is 9.85. The molecule has 2 aliphatic heterocycles. The fraction of sp³-hybridized carbons (Fsp3) is 0.525. The third-order valence-electron chi connectivity index (χ3n) is 15.2. The molecule has 0 aliphatic carbocycles. The molecule has 18 N–H and O–H groups in total. The summed E-state index contributed by atoms with van der Waals surface area (Å²) < 4.78 is 31.7. The zero-order chi connectivity index (χ0) is 69.6. The van der Waals surface area contributed by atoms with E-state index in [9.17, 15) is 71.3 Å². The van der Waals surface area contributed by atoms with E-state index in [1.165, 1.54) is 41.7 Å². The first-order chi connectivity index (χ1) is 44.3. The van der Waals surface area contributed by atoms with Gasteiger partial charge in [-0.3, -0.25) is 52.9 Å². The lowest BCUT2D eigenvalue weighted by molar-refractivity contribution is -0.192. The third kappa shape index (κ3) is 22.8. The van der Waals surface area contributed by atoms with Crippen molar-refractivity contribution in [3.05, 3.63) is 84.1 Å². The number of para-hydroxylation sites is 1. The molecule has 0 spiro atoms. The van der Waals surface area contributed by atoms with Crippen molar-refractivity contribution < 1.29 is 81.2 Å². The smallest absolute Gasteiger partial charge is 0.490 e. The number of hydrogen-bond acceptors (Lipinski definition) is 15. The number of phenolic OH excluding ortho intramolecular Hbond substituents is 1. The number of carboxylic acids is 1. The zero-order valence-electron chi connectivity index (χ0n) is 53.0. The van der Waals surface area contributed by atoms with Gasteiger partial charge in [-0.1, -0.05) is 65.0 Å². The SMILES string of the molecule is CCNC(=O)[C@@H]1CCCN1C(=O)[C@H](CCCN=C(N)N)NC(=O)[C@H](CC(C)C)NC(=O)[C@H](NC(=O)[C@H](Cc1ccc(O)cc1)NC(=O)[C@H](CO)NC(=O)[C@H](Cc1c[nH]c2ccccc12)NC(=O)[C@H](Cc1cnc[nH]1)NC(=O)[C@@H]1CCC(=O)N1)C(C)(C)C.O=C(O)C(F)(F)F. The standard InChI is InChI=1S/C59H84N16O12.C2HF3O2/c1-7-63-55(85)46-15-11-23-75(46)57(87)40(14-10-22-64-58(60)61)68-50(80)41(24-32(2)3)72-56(86)48(59(4,5)6)74-53(83)42(25-33-16-18-36(77)19-17-33)69-54(84)45(30-76)73-51(81)43(26-34-28-65-38-13-9-8-12-37(34)38)70-52(82)44(27-35-29-62-31-66-35)71-49(79)39-20-21-47(78)67-39;3-2(4,5)1(6)7/h8-9,12-13,16-19,28-29,31-32,39-46,48,65,76-77H,7,10-11,14-15,20-27,30H2,1-6H3,(H,62,66)(H,63,85)(H,67,78)(H,68,80)(H,69,84)(H,70,82)(H,71,79)(H,72,86)(H,73,81)(H,74,83)(H4,60,61,64);(H,6,7)/t39-,40-,41-,42-,43-,44-,45-,46-,48-;/m0./s1. The summed E-state index contributed by atoms with van der Waals surface area (Å²) in [5.41, 5.74) is 12.2. The molecule has 2 aliphatic rings. The van der Waals surface area contributed by atoms with E-state index in [1.807, 2.05) is 19.9 Å². The van der Waals surface area contributed by atoms with Crippen LogP contribution in [0.1, 0.15) is 103 Å². The maximum Gasteiger partial charge on any atom is 0.490 e. The monoisotopic (exact) mass is 1320 g/mol. The van der Waals surface area contributed by atoms with Crippen molar-refractivity contribution in [1.82, 2.24) is 67.7 Å². The Bertz CT molecular complexity index is 3320. The summed E-state index contributed by atoms with van der Waals surface area (Å²) in [5, 5.41) is 53.0. The van der Waals surface area contributed by atoms with Crippen LogP contribution in [0.3, 0.4) is 0 Å². The Labute approximate surface area is 539 Å². The van der Waals surface area contributed by atoms with Crippen molar-refractivity contribution in [2.45, 2.75) is 166 Å². The van der Waals surface area contributed by atoms with Gasteiger partial charge in [0.2, 0.25) is 59.1 Å². The molecule has 30 nitrogen and oxygen atoms in total. The van der Waals surface area contributed by atoms with Crippen LogP contribution in [0.4, 0.5) is 13.2 Å². The molecule has 9 atom stereocenters. The van der Waals surface area contributed by atoms with Crippen molar-refractivity contribution in [2.24, 2.45) is 27.8 Å². The lowest BCUT2D eigenvalue weighted by Gasteiger charge is -2.34. The maximum atomic E-state index is 14.8. The van der Waals surface area contributed by atoms with Gasteiger partial charge in [-0.15, -0.1) is 0 Å². The number of rotatable bonds is 30. The molecule has 2 saturated heterocycles. The first-order valence-corrected chi connectivity index (χ1v) is 30.6. The predicted molar refractivity (Wildman–Crippen MR) is 334 cm³/mol. The number of aliphatic carboxylic acids is 1. The number of likely N-dealkylation sites (N-methyl/N-ethyl adjacent to an activating group) is 1. The van der Waals surface area contributed by atoms with Gasteiger partial charge in [0.05, 0.1) is 12.9 Å². The highest BCUT2D eigenvalue weighted by atomic mass is 19.4. The molecule has 0 unspecified atom stereocenters. The number of likely N-dealkylation sites (tertiary alicyclic amines) is 1. The highest BCUT2D eigenvalue weighted by Gasteiger charge is 2.42. The lowest BCUT2D eigenvalue weighted by Crippen LogP contribution is -2.63. The highest BCUT2D eigenvalue weighted by Crippen LogP contribution is 2.24. The minimum Gasteiger partial charge on any atom is -0.508 e. The van der Waals surface area contributed by atoms with Crippen LogP contribution in [0.25, 0.3) is 10.9 Å². The summed E-state index contributed by atoms with van der Waals surface area (Å²) in [6, 6.07) is 1.42. The number of aromatic nitrogens is 3. The number of carbonyl (C=O) groups is 11. The molecular weight excluding hydrogens is 1240 g/mol. The third-order valence-corrected chi connectivity index (χ3v) is 15.2. The van der Waals surface area contributed by atoms with Gasteiger partial charge in [-0.05, 0) is 86.1 Å². The number of aromatic hydroxyl groups is 1. The quantitative estimate of drug-likeness (QED) is 0.0173. The molecule has 10 amide bonds. The number of aromatic amines is 2. The van der Waals surface area contributed by atoms with Crippen molar-refractivity contribution in [3.8, 4) is 5.75 Å². The number of aliphatic hydroxyl groups excluding tert-OH is 1. The average molecular weight is 1320 g/mol. The largest absolute Gasteiger partial charge is 0.508 e. The molecule has 2 fully saturated rings. The van der Waals surface area contributed by atoms with Crippen LogP contribution in [0, 0.1) is 11.3 Å². The molecule has 33 heteroatoms. The highest BCUT2D eigenvalue weighted by molar-refractivity contribution is 5.99. The minimum absolute atomic E-state index is 0.0821. The molecule has 4 aromatic rings. The van der Waals surface area contributed by atoms with Crippen LogP contribution in [0.5, 0.6) is 5.75 Å². The van der Waals surface area contributed by atoms with Crippen LogP contribution in [0.2, 0.25) is 0 Å². The van der Waals surface area contributed by atoms with Crippen LogP contribution < -0.4 is 59.3 Å². The van der Waals surface area contributed by atoms with Crippen LogP contribution >= 0.6 is 0 Å². The van der Waals surface area contributed by atoms with Gasteiger partial charge in [0.1, 0.15) is 60.1 Å². The summed E-state index contributed by atoms with van der Waals surface area (Å²) in [7, 11) is 0. The Morgan fingerprint density at radius 3 is 1.90 bits per heavy atom. The molecule has 6 rings (SSSR count). The number of H-pyrrole nitrogens is 2. The summed E-state index contributed by atoms with van der Waals surface area (Å²) in [4.78, 5) is 164. The molecule has 4 heterocycles. The van der Waals surface area contributed by atoms with Gasteiger partial charge in [0.15, 0.2) is 5.96 Å². The van der Waals surface area contributed by atoms with Crippen LogP contribution in [-0.4, -0.2) is 193 Å². The molecule has 2 aromatic heterocycles. The van der Waals surface area contributed by atoms with Crippen molar-refractivity contribution >= 4 is 81.9 Å². The number of hydrogen-bond donors (Lipinski definition) is 16. The van der Waals surface area contributed by atoms with Gasteiger partial charge < -0.3 is 89.5 Å². The summed E-state index contributed by atoms with van der Waals surface area (Å²) in [6.45, 7) is 10.2. The number of nitrogens with two attached hydrogens (primary N) is 2. The minimum atomic E-state index is -5.08. The van der Waals surface area contributed by atoms with Gasteiger partial charge in [0.25, 0.3) is 0 Å². The predicted octanol–water partition coefficient (Wildman–Crippen LogP) is -0.805. The number of aliphatic imine (C=N–C) groups is 1. The Hall–Kier alpha value is -9.82. The topological polar surface area (TPSA) is 469 Å². The number of nitrogens with one attached hydrogen (secondary N) is 11. The van der Waals surface area contributed by atoms with E-state index >= 15 is 0 Å². The van der Waals surface area contributed by atoms with E-state index < -0.39 is 126 Å². The van der Waals surface area contributed by atoms with E-state index in [0.717, 1.165) is 5.52 Å². The molecule has 0 bridgehead atoms. The second-order valence-electron chi connectivity index (χ2n) is 24.2. The Balaban J connectivity index is 0.00000216. The number of benzene rings is 2. The maximum absolute atomic E-state index is 14.8. The van der Waals surface area contributed by atoms with Gasteiger partial charge in [-0.2, -0.15) is 13.2 Å². The molecule has 514 valence electrons. The van der Waals surface area contributed by atoms with Crippen molar-refractivity contribution in [1.29, 1.82) is 0 Å². The second kappa shape index (κ2) is 34.7. The number of nitrogens with zero attached hydrogens (tertiary/aromatic N) is 3. The number of fused-ring (bicyclic) bond motifs is 1. The summed E-state index contributed by atoms with van der Waals surface area (Å²) in [5.74, 6) is -10.2. The number of imidazole rings is 1. The van der Waals surface area contributed by atoms with Gasteiger partial charge in [-0.25, -0.2) is 9.78 Å². The van der Waals surface area contributed by atoms with E-state index in [-0.39, 0.29) is 93.9 Å². The van der Waals surface area contributed by atoms with Gasteiger partial charge in [0, 0.05) is 74.3 Å². The number of alkyl halides is 3. The van der Waals surface area contributed by atoms with Gasteiger partial charge >= 0.3 is 12.1 Å². The van der Waals surface area contributed by atoms with E-state index in [0.29, 0.717) is 41.6 Å². The first kappa shape index (κ1) is 74.9. The average Bonchev–Trinajstić information content (AvgIpc) is 1.49. The second-order valence-corrected chi connectivity index (χ2v) is 24.2. The molecular formula is C61H85F3N16O14. The molecule has 0 saturated carbocycles. The van der Waals surface area contributed by atoms with E-state index in [4.69, 9.17) is 21.4 Å². The number of amides is 10. The normalized spacial score (nSPS) is 16.8. The fourth-order valence-electron chi connectivity index (χ4n) is 10.4. The summed E-state index contributed by atoms with van der Waals surface area (Å²) in [6.07, 6.45) is 0.631. The van der Waals surface area contributed by atoms with E-state index in [2.05, 4.69) is 67.8 Å². The number of halogens is 3. The Kier molecular flexibility index (Phi) is 27.7. The first-order valence-electron chi connectivity index (χ1n) is 30.6. The van der Waals surface area contributed by atoms with Crippen LogP contribution in [-0.2, 0) is 72.0 Å². The van der Waals surface area contributed by atoms with Crippen LogP contribution in [0.15, 0.2) is 72.2 Å². The number of carbonyl (C=O) groups excluding carboxylic acids is 10. The van der Waals surface area contributed by atoms with E-state index in [1.54, 1.807) is 52.1 Å². The zero-order valence-corrected chi connectivity index (χ0v) is 53.0. The number of guanidine groups is 1.